The van der Waals surface area contributed by atoms with Crippen molar-refractivity contribution in [2.24, 2.45) is 0 Å². The molecule has 6 heteroatoms. The third-order valence-corrected chi connectivity index (χ3v) is 5.44. The number of rotatable bonds is 3. The van der Waals surface area contributed by atoms with Gasteiger partial charge in [-0.25, -0.2) is 0 Å². The maximum absolute atomic E-state index is 12.8. The molecule has 0 atom stereocenters. The predicted molar refractivity (Wildman–Crippen MR) is 112 cm³/mol. The van der Waals surface area contributed by atoms with Crippen LogP contribution >= 0.6 is 15.9 Å². The largest absolute Gasteiger partial charge is 0.335 e. The van der Waals surface area contributed by atoms with Crippen molar-refractivity contribution in [2.45, 2.75) is 0 Å². The van der Waals surface area contributed by atoms with Crippen LogP contribution in [0.4, 0.5) is 0 Å². The van der Waals surface area contributed by atoms with Gasteiger partial charge in [-0.05, 0) is 54.6 Å². The highest BCUT2D eigenvalue weighted by molar-refractivity contribution is 9.10. The molecule has 0 saturated carbocycles. The van der Waals surface area contributed by atoms with Gasteiger partial charge in [0.25, 0.3) is 11.8 Å². The number of hydrogen-bond acceptors (Lipinski definition) is 2. The third kappa shape index (κ3) is 3.87. The zero-order chi connectivity index (χ0) is 19.5. The molecule has 28 heavy (non-hydrogen) atoms. The van der Waals surface area contributed by atoms with Crippen LogP contribution in [0.1, 0.15) is 20.7 Å². The molecule has 2 amide bonds. The van der Waals surface area contributed by atoms with Crippen molar-refractivity contribution in [3.05, 3.63) is 88.7 Å². The molecule has 142 valence electrons. The fourth-order valence-corrected chi connectivity index (χ4v) is 3.78. The molecule has 1 aromatic heterocycles. The van der Waals surface area contributed by atoms with E-state index in [1.807, 2.05) is 82.5 Å². The Labute approximate surface area is 172 Å². The molecule has 0 spiro atoms. The second-order valence-corrected chi connectivity index (χ2v) is 7.65. The molecular formula is C22H20BrN3O2. The van der Waals surface area contributed by atoms with Crippen molar-refractivity contribution in [1.29, 1.82) is 0 Å². The number of piperazine rings is 1. The van der Waals surface area contributed by atoms with Crippen molar-refractivity contribution in [3.8, 4) is 5.69 Å². The normalized spacial score (nSPS) is 14.2. The standard InChI is InChI=1S/C22H20BrN3O2/c23-19-5-3-4-18(16-19)22(28)26-14-12-25(13-15-26)21(27)17-6-8-20(9-7-17)24-10-1-2-11-24/h1-11,16H,12-15H2. The van der Waals surface area contributed by atoms with E-state index in [9.17, 15) is 9.59 Å². The zero-order valence-electron chi connectivity index (χ0n) is 15.3. The van der Waals surface area contributed by atoms with Gasteiger partial charge in [-0.1, -0.05) is 22.0 Å². The molecule has 5 nitrogen and oxygen atoms in total. The fourth-order valence-electron chi connectivity index (χ4n) is 3.38. The number of halogens is 1. The summed E-state index contributed by atoms with van der Waals surface area (Å²) in [6.45, 7) is 2.16. The van der Waals surface area contributed by atoms with Crippen molar-refractivity contribution >= 4 is 27.7 Å². The lowest BCUT2D eigenvalue weighted by molar-refractivity contribution is 0.0535. The zero-order valence-corrected chi connectivity index (χ0v) is 16.9. The summed E-state index contributed by atoms with van der Waals surface area (Å²) in [4.78, 5) is 29.1. The Morgan fingerprint density at radius 3 is 1.86 bits per heavy atom. The van der Waals surface area contributed by atoms with E-state index < -0.39 is 0 Å². The fraction of sp³-hybridized carbons (Fsp3) is 0.182. The molecule has 1 fully saturated rings. The first-order valence-electron chi connectivity index (χ1n) is 9.19. The number of carbonyl (C=O) groups excluding carboxylic acids is 2. The lowest BCUT2D eigenvalue weighted by atomic mass is 10.1. The summed E-state index contributed by atoms with van der Waals surface area (Å²) < 4.78 is 2.89. The SMILES string of the molecule is O=C(c1ccc(-n2cccc2)cc1)N1CCN(C(=O)c2cccc(Br)c2)CC1. The van der Waals surface area contributed by atoms with Crippen molar-refractivity contribution in [2.75, 3.05) is 26.2 Å². The number of hydrogen-bond donors (Lipinski definition) is 0. The van der Waals surface area contributed by atoms with Gasteiger partial charge in [0.2, 0.25) is 0 Å². The Balaban J connectivity index is 1.38. The Bertz CT molecular complexity index is 975. The molecule has 0 aliphatic carbocycles. The lowest BCUT2D eigenvalue weighted by Crippen LogP contribution is -2.50. The Hall–Kier alpha value is -2.86. The highest BCUT2D eigenvalue weighted by Crippen LogP contribution is 2.16. The smallest absolute Gasteiger partial charge is 0.254 e. The Morgan fingerprint density at radius 2 is 1.29 bits per heavy atom. The number of amides is 2. The molecule has 1 aliphatic rings. The van der Waals surface area contributed by atoms with Gasteiger partial charge in [0, 0.05) is 59.9 Å². The number of nitrogens with zero attached hydrogens (tertiary/aromatic N) is 3. The minimum absolute atomic E-state index is 0.00414. The van der Waals surface area contributed by atoms with Gasteiger partial charge in [0.1, 0.15) is 0 Å². The molecular weight excluding hydrogens is 418 g/mol. The van der Waals surface area contributed by atoms with Crippen LogP contribution in [0.15, 0.2) is 77.5 Å². The highest BCUT2D eigenvalue weighted by Gasteiger charge is 2.25. The van der Waals surface area contributed by atoms with Crippen molar-refractivity contribution in [1.82, 2.24) is 14.4 Å². The van der Waals surface area contributed by atoms with E-state index in [0.29, 0.717) is 37.3 Å². The average molecular weight is 438 g/mol. The van der Waals surface area contributed by atoms with Crippen LogP contribution in [0, 0.1) is 0 Å². The van der Waals surface area contributed by atoms with Crippen LogP contribution in [0.2, 0.25) is 0 Å². The number of carbonyl (C=O) groups is 2. The molecule has 1 aliphatic heterocycles. The van der Waals surface area contributed by atoms with Crippen LogP contribution in [0.3, 0.4) is 0 Å². The van der Waals surface area contributed by atoms with Crippen LogP contribution in [0.25, 0.3) is 5.69 Å². The van der Waals surface area contributed by atoms with Gasteiger partial charge in [-0.2, -0.15) is 0 Å². The minimum Gasteiger partial charge on any atom is -0.335 e. The van der Waals surface area contributed by atoms with Crippen molar-refractivity contribution < 1.29 is 9.59 Å². The molecule has 2 heterocycles. The first-order valence-corrected chi connectivity index (χ1v) is 9.99. The van der Waals surface area contributed by atoms with E-state index in [4.69, 9.17) is 0 Å². The maximum Gasteiger partial charge on any atom is 0.254 e. The molecule has 1 saturated heterocycles. The van der Waals surface area contributed by atoms with Crippen LogP contribution in [-0.4, -0.2) is 52.4 Å². The van der Waals surface area contributed by atoms with E-state index in [1.54, 1.807) is 4.90 Å². The maximum atomic E-state index is 12.8. The van der Waals surface area contributed by atoms with Gasteiger partial charge in [0.15, 0.2) is 0 Å². The summed E-state index contributed by atoms with van der Waals surface area (Å²) in [5, 5.41) is 0. The summed E-state index contributed by atoms with van der Waals surface area (Å²) in [5.74, 6) is 0.0121. The van der Waals surface area contributed by atoms with E-state index >= 15 is 0 Å². The second kappa shape index (κ2) is 8.02. The molecule has 0 bridgehead atoms. The molecule has 4 rings (SSSR count). The number of aromatic nitrogens is 1. The Kier molecular flexibility index (Phi) is 5.30. The van der Waals surface area contributed by atoms with E-state index in [-0.39, 0.29) is 11.8 Å². The predicted octanol–water partition coefficient (Wildman–Crippen LogP) is 3.84. The van der Waals surface area contributed by atoms with Crippen LogP contribution in [-0.2, 0) is 0 Å². The van der Waals surface area contributed by atoms with Crippen molar-refractivity contribution in [3.63, 3.8) is 0 Å². The van der Waals surface area contributed by atoms with E-state index in [1.165, 1.54) is 0 Å². The van der Waals surface area contributed by atoms with Gasteiger partial charge in [-0.3, -0.25) is 9.59 Å². The quantitative estimate of drug-likeness (QED) is 0.624. The minimum atomic E-state index is 0.00414. The molecule has 0 unspecified atom stereocenters. The monoisotopic (exact) mass is 437 g/mol. The summed E-state index contributed by atoms with van der Waals surface area (Å²) in [6.07, 6.45) is 3.94. The average Bonchev–Trinajstić information content (AvgIpc) is 3.28. The summed E-state index contributed by atoms with van der Waals surface area (Å²) in [7, 11) is 0. The van der Waals surface area contributed by atoms with E-state index in [2.05, 4.69) is 15.9 Å². The summed E-state index contributed by atoms with van der Waals surface area (Å²) in [5.41, 5.74) is 2.35. The molecule has 0 N–H and O–H groups in total. The first kappa shape index (κ1) is 18.5. The second-order valence-electron chi connectivity index (χ2n) is 6.73. The topological polar surface area (TPSA) is 45.6 Å². The van der Waals surface area contributed by atoms with Crippen LogP contribution in [0.5, 0.6) is 0 Å². The van der Waals surface area contributed by atoms with E-state index in [0.717, 1.165) is 10.2 Å². The first-order chi connectivity index (χ1) is 13.6. The molecule has 0 radical (unpaired) electrons. The summed E-state index contributed by atoms with van der Waals surface area (Å²) >= 11 is 3.40. The van der Waals surface area contributed by atoms with Gasteiger partial charge < -0.3 is 14.4 Å². The molecule has 2 aromatic carbocycles. The number of benzene rings is 2. The molecule has 3 aromatic rings. The third-order valence-electron chi connectivity index (χ3n) is 4.94. The van der Waals surface area contributed by atoms with Gasteiger partial charge >= 0.3 is 0 Å². The van der Waals surface area contributed by atoms with Crippen LogP contribution < -0.4 is 0 Å². The Morgan fingerprint density at radius 1 is 0.714 bits per heavy atom. The summed E-state index contributed by atoms with van der Waals surface area (Å²) in [6, 6.07) is 18.9. The highest BCUT2D eigenvalue weighted by atomic mass is 79.9. The lowest BCUT2D eigenvalue weighted by Gasteiger charge is -2.35. The van der Waals surface area contributed by atoms with Gasteiger partial charge in [-0.15, -0.1) is 0 Å². The van der Waals surface area contributed by atoms with Gasteiger partial charge in [0.05, 0.1) is 0 Å².